The molecule has 4 heteroatoms. The number of hydrogen-bond donors (Lipinski definition) is 0. The second kappa shape index (κ2) is 6.64. The number of carbonyl (C=O) groups is 1. The first-order valence-electron chi connectivity index (χ1n) is 7.11. The minimum atomic E-state index is 0.227. The zero-order chi connectivity index (χ0) is 13.8. The molecule has 0 aliphatic carbocycles. The van der Waals surface area contributed by atoms with E-state index in [0.717, 1.165) is 30.9 Å². The van der Waals surface area contributed by atoms with E-state index in [1.807, 2.05) is 6.07 Å². The number of ether oxygens (including phenoxy) is 1. The lowest BCUT2D eigenvalue weighted by molar-refractivity contribution is -0.0523. The molecule has 1 aromatic heterocycles. The van der Waals surface area contributed by atoms with Gasteiger partial charge in [0.1, 0.15) is 0 Å². The number of morpholine rings is 1. The molecule has 1 saturated heterocycles. The maximum Gasteiger partial charge on any atom is 0.186 e. The lowest BCUT2D eigenvalue weighted by atomic mass is 10.1. The molecule has 2 heterocycles. The Balaban J connectivity index is 2.00. The van der Waals surface area contributed by atoms with Crippen LogP contribution in [-0.4, -0.2) is 42.5 Å². The topological polar surface area (TPSA) is 29.5 Å². The number of thiophene rings is 1. The van der Waals surface area contributed by atoms with Crippen LogP contribution >= 0.6 is 11.3 Å². The molecule has 2 rings (SSSR count). The summed E-state index contributed by atoms with van der Waals surface area (Å²) >= 11 is 1.63. The van der Waals surface area contributed by atoms with Gasteiger partial charge in [0.15, 0.2) is 5.78 Å². The van der Waals surface area contributed by atoms with Crippen LogP contribution in [0.25, 0.3) is 0 Å². The van der Waals surface area contributed by atoms with Crippen molar-refractivity contribution in [3.63, 3.8) is 0 Å². The van der Waals surface area contributed by atoms with Gasteiger partial charge in [-0.2, -0.15) is 0 Å². The number of ketones is 1. The smallest absolute Gasteiger partial charge is 0.186 e. The average molecular weight is 281 g/mol. The van der Waals surface area contributed by atoms with E-state index in [2.05, 4.69) is 31.7 Å². The van der Waals surface area contributed by atoms with Crippen molar-refractivity contribution >= 4 is 17.1 Å². The Bertz CT molecular complexity index is 430. The van der Waals surface area contributed by atoms with E-state index in [9.17, 15) is 4.79 Å². The fourth-order valence-corrected chi connectivity index (χ4v) is 3.34. The van der Waals surface area contributed by atoms with E-state index in [-0.39, 0.29) is 11.9 Å². The SMILES string of the molecule is CCc1ccc(C(=O)CN2CC(C)OCC2CC)s1. The third-order valence-electron chi connectivity index (χ3n) is 3.68. The second-order valence-corrected chi connectivity index (χ2v) is 6.35. The first kappa shape index (κ1) is 14.7. The van der Waals surface area contributed by atoms with Gasteiger partial charge < -0.3 is 4.74 Å². The second-order valence-electron chi connectivity index (χ2n) is 5.18. The van der Waals surface area contributed by atoms with Crippen molar-refractivity contribution in [3.05, 3.63) is 21.9 Å². The zero-order valence-electron chi connectivity index (χ0n) is 12.0. The summed E-state index contributed by atoms with van der Waals surface area (Å²) in [5.41, 5.74) is 0. The summed E-state index contributed by atoms with van der Waals surface area (Å²) in [5.74, 6) is 0.247. The van der Waals surface area contributed by atoms with Gasteiger partial charge in [-0.15, -0.1) is 11.3 Å². The summed E-state index contributed by atoms with van der Waals surface area (Å²) in [6, 6.07) is 4.42. The monoisotopic (exact) mass is 281 g/mol. The standard InChI is InChI=1S/C15H23NO2S/c1-4-12-10-18-11(3)8-16(12)9-14(17)15-7-6-13(5-2)19-15/h6-7,11-12H,4-5,8-10H2,1-3H3. The third kappa shape index (κ3) is 3.65. The molecule has 0 N–H and O–H groups in total. The van der Waals surface area contributed by atoms with Gasteiger partial charge in [0.2, 0.25) is 0 Å². The van der Waals surface area contributed by atoms with Gasteiger partial charge in [-0.25, -0.2) is 0 Å². The molecule has 1 fully saturated rings. The maximum absolute atomic E-state index is 12.3. The van der Waals surface area contributed by atoms with Crippen molar-refractivity contribution in [2.75, 3.05) is 19.7 Å². The summed E-state index contributed by atoms with van der Waals surface area (Å²) < 4.78 is 5.67. The van der Waals surface area contributed by atoms with Crippen LogP contribution in [0.15, 0.2) is 12.1 Å². The summed E-state index contributed by atoms with van der Waals surface area (Å²) in [6.07, 6.45) is 2.26. The van der Waals surface area contributed by atoms with Crippen molar-refractivity contribution < 1.29 is 9.53 Å². The number of hydrogen-bond acceptors (Lipinski definition) is 4. The summed E-state index contributed by atoms with van der Waals surface area (Å²) in [7, 11) is 0. The Morgan fingerprint density at radius 1 is 1.47 bits per heavy atom. The van der Waals surface area contributed by atoms with Gasteiger partial charge in [-0.1, -0.05) is 13.8 Å². The van der Waals surface area contributed by atoms with E-state index < -0.39 is 0 Å². The van der Waals surface area contributed by atoms with Crippen molar-refractivity contribution in [1.29, 1.82) is 0 Å². The van der Waals surface area contributed by atoms with Crippen LogP contribution in [0.5, 0.6) is 0 Å². The molecule has 106 valence electrons. The van der Waals surface area contributed by atoms with Crippen LogP contribution in [0.2, 0.25) is 0 Å². The molecule has 19 heavy (non-hydrogen) atoms. The van der Waals surface area contributed by atoms with Gasteiger partial charge >= 0.3 is 0 Å². The highest BCUT2D eigenvalue weighted by molar-refractivity contribution is 7.14. The van der Waals surface area contributed by atoms with Gasteiger partial charge in [-0.3, -0.25) is 9.69 Å². The largest absolute Gasteiger partial charge is 0.376 e. The molecule has 0 spiro atoms. The normalized spacial score (nSPS) is 24.6. The molecule has 2 atom stereocenters. The molecule has 3 nitrogen and oxygen atoms in total. The van der Waals surface area contributed by atoms with Crippen molar-refractivity contribution in [2.24, 2.45) is 0 Å². The Morgan fingerprint density at radius 2 is 2.26 bits per heavy atom. The molecule has 0 radical (unpaired) electrons. The number of aryl methyl sites for hydroxylation is 1. The first-order chi connectivity index (χ1) is 9.13. The van der Waals surface area contributed by atoms with E-state index in [1.165, 1.54) is 4.88 Å². The van der Waals surface area contributed by atoms with E-state index in [0.29, 0.717) is 12.6 Å². The minimum absolute atomic E-state index is 0.227. The molecule has 1 aromatic rings. The highest BCUT2D eigenvalue weighted by Gasteiger charge is 2.27. The molecule has 0 amide bonds. The number of carbonyl (C=O) groups excluding carboxylic acids is 1. The quantitative estimate of drug-likeness (QED) is 0.777. The predicted octanol–water partition coefficient (Wildman–Crippen LogP) is 2.99. The molecule has 0 aromatic carbocycles. The highest BCUT2D eigenvalue weighted by atomic mass is 32.1. The third-order valence-corrected chi connectivity index (χ3v) is 4.95. The van der Waals surface area contributed by atoms with Crippen LogP contribution in [0.1, 0.15) is 41.7 Å². The van der Waals surface area contributed by atoms with Gasteiger partial charge in [-0.05, 0) is 31.9 Å². The Kier molecular flexibility index (Phi) is 5.13. The number of rotatable bonds is 5. The van der Waals surface area contributed by atoms with Gasteiger partial charge in [0.25, 0.3) is 0 Å². The molecular formula is C15H23NO2S. The molecule has 2 unspecified atom stereocenters. The average Bonchev–Trinajstić information content (AvgIpc) is 2.88. The fourth-order valence-electron chi connectivity index (χ4n) is 2.46. The fraction of sp³-hybridized carbons (Fsp3) is 0.667. The summed E-state index contributed by atoms with van der Waals surface area (Å²) in [6.45, 7) is 8.48. The summed E-state index contributed by atoms with van der Waals surface area (Å²) in [4.78, 5) is 16.8. The Morgan fingerprint density at radius 3 is 2.89 bits per heavy atom. The van der Waals surface area contributed by atoms with Crippen molar-refractivity contribution in [3.8, 4) is 0 Å². The maximum atomic E-state index is 12.3. The lowest BCUT2D eigenvalue weighted by Gasteiger charge is -2.37. The Labute approximate surface area is 119 Å². The molecule has 0 saturated carbocycles. The van der Waals surface area contributed by atoms with E-state index in [1.54, 1.807) is 11.3 Å². The first-order valence-corrected chi connectivity index (χ1v) is 7.93. The van der Waals surface area contributed by atoms with Crippen molar-refractivity contribution in [1.82, 2.24) is 4.90 Å². The van der Waals surface area contributed by atoms with Crippen LogP contribution in [0, 0.1) is 0 Å². The van der Waals surface area contributed by atoms with E-state index in [4.69, 9.17) is 4.74 Å². The molecule has 0 bridgehead atoms. The Hall–Kier alpha value is -0.710. The highest BCUT2D eigenvalue weighted by Crippen LogP contribution is 2.20. The summed E-state index contributed by atoms with van der Waals surface area (Å²) in [5, 5.41) is 0. The number of nitrogens with zero attached hydrogens (tertiary/aromatic N) is 1. The van der Waals surface area contributed by atoms with Gasteiger partial charge in [0.05, 0.1) is 24.1 Å². The van der Waals surface area contributed by atoms with Crippen LogP contribution in [0.4, 0.5) is 0 Å². The predicted molar refractivity (Wildman–Crippen MR) is 79.1 cm³/mol. The molecule has 1 aliphatic heterocycles. The molecule has 1 aliphatic rings. The number of Topliss-reactive ketones (excluding diaryl/α,β-unsaturated/α-hetero) is 1. The van der Waals surface area contributed by atoms with E-state index >= 15 is 0 Å². The van der Waals surface area contributed by atoms with Crippen LogP contribution in [0.3, 0.4) is 0 Å². The lowest BCUT2D eigenvalue weighted by Crippen LogP contribution is -2.50. The van der Waals surface area contributed by atoms with Crippen molar-refractivity contribution in [2.45, 2.75) is 45.8 Å². The van der Waals surface area contributed by atoms with Gasteiger partial charge in [0, 0.05) is 17.5 Å². The van der Waals surface area contributed by atoms with Crippen LogP contribution < -0.4 is 0 Å². The van der Waals surface area contributed by atoms with Crippen LogP contribution in [-0.2, 0) is 11.2 Å². The zero-order valence-corrected chi connectivity index (χ0v) is 12.8. The minimum Gasteiger partial charge on any atom is -0.376 e. The molecular weight excluding hydrogens is 258 g/mol.